The summed E-state index contributed by atoms with van der Waals surface area (Å²) in [5.41, 5.74) is 2.40. The summed E-state index contributed by atoms with van der Waals surface area (Å²) in [6, 6.07) is 8.12. The van der Waals surface area contributed by atoms with Gasteiger partial charge < -0.3 is 15.5 Å². The summed E-state index contributed by atoms with van der Waals surface area (Å²) in [6.45, 7) is 1.75. The molecule has 1 aliphatic rings. The zero-order valence-corrected chi connectivity index (χ0v) is 11.8. The van der Waals surface area contributed by atoms with Crippen LogP contribution in [0.25, 0.3) is 0 Å². The zero-order chi connectivity index (χ0) is 13.7. The topological polar surface area (TPSA) is 44.4 Å². The van der Waals surface area contributed by atoms with Crippen LogP contribution in [-0.4, -0.2) is 44.0 Å². The van der Waals surface area contributed by atoms with Gasteiger partial charge >= 0.3 is 0 Å². The molecular formula is C15H23N3O. The summed E-state index contributed by atoms with van der Waals surface area (Å²) in [7, 11) is 4.09. The maximum Gasteiger partial charge on any atom is 0.242 e. The van der Waals surface area contributed by atoms with E-state index in [2.05, 4.69) is 21.6 Å². The molecule has 0 fully saturated rings. The van der Waals surface area contributed by atoms with E-state index in [0.29, 0.717) is 0 Å². The smallest absolute Gasteiger partial charge is 0.242 e. The van der Waals surface area contributed by atoms with Crippen molar-refractivity contribution >= 4 is 11.6 Å². The molecule has 1 aromatic carbocycles. The van der Waals surface area contributed by atoms with Crippen molar-refractivity contribution in [2.45, 2.75) is 25.3 Å². The third-order valence-corrected chi connectivity index (χ3v) is 3.45. The summed E-state index contributed by atoms with van der Waals surface area (Å²) in [4.78, 5) is 14.2. The molecule has 1 amide bonds. The molecule has 4 heteroatoms. The Bertz CT molecular complexity index is 431. The molecule has 19 heavy (non-hydrogen) atoms. The van der Waals surface area contributed by atoms with Crippen LogP contribution in [0.3, 0.4) is 0 Å². The van der Waals surface area contributed by atoms with Crippen molar-refractivity contribution in [3.05, 3.63) is 29.8 Å². The Kier molecular flexibility index (Phi) is 4.80. The minimum Gasteiger partial charge on any atom is -0.373 e. The average molecular weight is 261 g/mol. The molecule has 0 spiro atoms. The maximum absolute atomic E-state index is 12.1. The quantitative estimate of drug-likeness (QED) is 0.789. The molecular weight excluding hydrogens is 238 g/mol. The van der Waals surface area contributed by atoms with Gasteiger partial charge in [-0.15, -0.1) is 0 Å². The fourth-order valence-corrected chi connectivity index (χ4v) is 2.37. The van der Waals surface area contributed by atoms with Crippen LogP contribution in [0.1, 0.15) is 18.4 Å². The van der Waals surface area contributed by atoms with Gasteiger partial charge in [0.15, 0.2) is 0 Å². The van der Waals surface area contributed by atoms with Crippen molar-refractivity contribution in [3.8, 4) is 0 Å². The predicted molar refractivity (Wildman–Crippen MR) is 78.4 cm³/mol. The summed E-state index contributed by atoms with van der Waals surface area (Å²) in [6.07, 6.45) is 2.83. The molecule has 0 radical (unpaired) electrons. The Labute approximate surface area is 115 Å². The zero-order valence-electron chi connectivity index (χ0n) is 11.8. The van der Waals surface area contributed by atoms with Crippen LogP contribution in [-0.2, 0) is 11.2 Å². The first-order chi connectivity index (χ1) is 9.16. The SMILES string of the molecule is CN(C)CCCNC(=O)C1CCc2ccccc2N1. The number of nitrogens with zero attached hydrogens (tertiary/aromatic N) is 1. The van der Waals surface area contributed by atoms with Crippen molar-refractivity contribution in [1.82, 2.24) is 10.2 Å². The minimum atomic E-state index is -0.0887. The fraction of sp³-hybridized carbons (Fsp3) is 0.533. The number of hydrogen-bond donors (Lipinski definition) is 2. The highest BCUT2D eigenvalue weighted by Crippen LogP contribution is 2.24. The van der Waals surface area contributed by atoms with Crippen LogP contribution in [0.4, 0.5) is 5.69 Å². The van der Waals surface area contributed by atoms with Gasteiger partial charge in [-0.05, 0) is 51.5 Å². The first-order valence-electron chi connectivity index (χ1n) is 6.93. The number of rotatable bonds is 5. The van der Waals surface area contributed by atoms with E-state index in [1.54, 1.807) is 0 Å². The van der Waals surface area contributed by atoms with Gasteiger partial charge in [0.05, 0.1) is 0 Å². The average Bonchev–Trinajstić information content (AvgIpc) is 2.42. The van der Waals surface area contributed by atoms with E-state index in [-0.39, 0.29) is 11.9 Å². The van der Waals surface area contributed by atoms with Crippen molar-refractivity contribution in [3.63, 3.8) is 0 Å². The van der Waals surface area contributed by atoms with Gasteiger partial charge in [-0.2, -0.15) is 0 Å². The predicted octanol–water partition coefficient (Wildman–Crippen LogP) is 1.48. The maximum atomic E-state index is 12.1. The number of fused-ring (bicyclic) bond motifs is 1. The third-order valence-electron chi connectivity index (χ3n) is 3.45. The van der Waals surface area contributed by atoms with Crippen LogP contribution < -0.4 is 10.6 Å². The largest absolute Gasteiger partial charge is 0.373 e. The van der Waals surface area contributed by atoms with Gasteiger partial charge in [0, 0.05) is 12.2 Å². The molecule has 2 rings (SSSR count). The standard InChI is InChI=1S/C15H23N3O/c1-18(2)11-5-10-16-15(19)14-9-8-12-6-3-4-7-13(12)17-14/h3-4,6-7,14,17H,5,8-11H2,1-2H3,(H,16,19). The van der Waals surface area contributed by atoms with Gasteiger partial charge in [0.1, 0.15) is 6.04 Å². The molecule has 1 aliphatic heterocycles. The van der Waals surface area contributed by atoms with Crippen molar-refractivity contribution < 1.29 is 4.79 Å². The van der Waals surface area contributed by atoms with E-state index >= 15 is 0 Å². The van der Waals surface area contributed by atoms with E-state index < -0.39 is 0 Å². The number of aryl methyl sites for hydroxylation is 1. The van der Waals surface area contributed by atoms with Gasteiger partial charge in [-0.3, -0.25) is 4.79 Å². The second kappa shape index (κ2) is 6.57. The molecule has 2 N–H and O–H groups in total. The number of benzene rings is 1. The Morgan fingerprint density at radius 1 is 1.42 bits per heavy atom. The van der Waals surface area contributed by atoms with Crippen molar-refractivity contribution in [2.75, 3.05) is 32.5 Å². The lowest BCUT2D eigenvalue weighted by Gasteiger charge is -2.26. The molecule has 4 nitrogen and oxygen atoms in total. The van der Waals surface area contributed by atoms with E-state index in [0.717, 1.165) is 38.0 Å². The van der Waals surface area contributed by atoms with Crippen LogP contribution in [0.15, 0.2) is 24.3 Å². The molecule has 1 atom stereocenters. The highest BCUT2D eigenvalue weighted by Gasteiger charge is 2.22. The number of nitrogens with one attached hydrogen (secondary N) is 2. The molecule has 104 valence electrons. The summed E-state index contributed by atoms with van der Waals surface area (Å²) in [5, 5.41) is 6.33. The Morgan fingerprint density at radius 2 is 2.21 bits per heavy atom. The van der Waals surface area contributed by atoms with E-state index in [4.69, 9.17) is 0 Å². The molecule has 1 heterocycles. The highest BCUT2D eigenvalue weighted by atomic mass is 16.2. The third kappa shape index (κ3) is 3.96. The monoisotopic (exact) mass is 261 g/mol. The number of carbonyl (C=O) groups is 1. The lowest BCUT2D eigenvalue weighted by atomic mass is 9.98. The number of hydrogen-bond acceptors (Lipinski definition) is 3. The molecule has 1 unspecified atom stereocenters. The van der Waals surface area contributed by atoms with E-state index in [1.807, 2.05) is 32.3 Å². The number of amides is 1. The summed E-state index contributed by atoms with van der Waals surface area (Å²) < 4.78 is 0. The van der Waals surface area contributed by atoms with Gasteiger partial charge in [0.2, 0.25) is 5.91 Å². The first kappa shape index (κ1) is 13.9. The summed E-state index contributed by atoms with van der Waals surface area (Å²) in [5.74, 6) is 0.119. The Morgan fingerprint density at radius 3 is 3.00 bits per heavy atom. The van der Waals surface area contributed by atoms with Gasteiger partial charge in [0.25, 0.3) is 0 Å². The summed E-state index contributed by atoms with van der Waals surface area (Å²) >= 11 is 0. The molecule has 0 saturated carbocycles. The molecule has 0 aliphatic carbocycles. The molecule has 0 bridgehead atoms. The molecule has 1 aromatic rings. The van der Waals surface area contributed by atoms with E-state index in [9.17, 15) is 4.79 Å². The molecule has 0 aromatic heterocycles. The van der Waals surface area contributed by atoms with Crippen molar-refractivity contribution in [2.24, 2.45) is 0 Å². The number of carbonyl (C=O) groups excluding carboxylic acids is 1. The first-order valence-corrected chi connectivity index (χ1v) is 6.93. The molecule has 0 saturated heterocycles. The van der Waals surface area contributed by atoms with Gasteiger partial charge in [-0.1, -0.05) is 18.2 Å². The highest BCUT2D eigenvalue weighted by molar-refractivity contribution is 5.85. The van der Waals surface area contributed by atoms with Gasteiger partial charge in [-0.25, -0.2) is 0 Å². The number of anilines is 1. The Balaban J connectivity index is 1.79. The van der Waals surface area contributed by atoms with Crippen LogP contribution >= 0.6 is 0 Å². The van der Waals surface area contributed by atoms with Crippen LogP contribution in [0, 0.1) is 0 Å². The fourth-order valence-electron chi connectivity index (χ4n) is 2.37. The Hall–Kier alpha value is -1.55. The second-order valence-corrected chi connectivity index (χ2v) is 5.34. The van der Waals surface area contributed by atoms with Crippen molar-refractivity contribution in [1.29, 1.82) is 0 Å². The second-order valence-electron chi connectivity index (χ2n) is 5.34. The lowest BCUT2D eigenvalue weighted by Crippen LogP contribution is -2.42. The number of para-hydroxylation sites is 1. The lowest BCUT2D eigenvalue weighted by molar-refractivity contribution is -0.122. The minimum absolute atomic E-state index is 0.0887. The van der Waals surface area contributed by atoms with E-state index in [1.165, 1.54) is 5.56 Å². The van der Waals surface area contributed by atoms with Crippen LogP contribution in [0.5, 0.6) is 0 Å². The normalized spacial score (nSPS) is 17.7. The van der Waals surface area contributed by atoms with Crippen LogP contribution in [0.2, 0.25) is 0 Å².